The monoisotopic (exact) mass is 390 g/mol. The average Bonchev–Trinajstić information content (AvgIpc) is 2.65. The Bertz CT molecular complexity index is 881. The quantitative estimate of drug-likeness (QED) is 0.692. The summed E-state index contributed by atoms with van der Waals surface area (Å²) in [5, 5.41) is 0.627. The molecule has 1 aliphatic heterocycles. The van der Waals surface area contributed by atoms with Gasteiger partial charge in [0.25, 0.3) is 0 Å². The summed E-state index contributed by atoms with van der Waals surface area (Å²) >= 11 is 6.01. The average molecular weight is 391 g/mol. The van der Waals surface area contributed by atoms with Crippen molar-refractivity contribution >= 4 is 17.4 Å². The molecule has 4 rings (SSSR count). The maximum absolute atomic E-state index is 15.0. The van der Waals surface area contributed by atoms with E-state index in [1.165, 1.54) is 6.07 Å². The zero-order valence-electron chi connectivity index (χ0n) is 15.1. The number of benzene rings is 2. The third-order valence-electron chi connectivity index (χ3n) is 6.25. The van der Waals surface area contributed by atoms with Gasteiger partial charge in [0.15, 0.2) is 11.6 Å². The van der Waals surface area contributed by atoms with Crippen molar-refractivity contribution in [3.05, 3.63) is 64.2 Å². The van der Waals surface area contributed by atoms with Gasteiger partial charge in [0.1, 0.15) is 11.6 Å². The molecule has 1 saturated carbocycles. The number of hydrogen-bond acceptors (Lipinski definition) is 2. The van der Waals surface area contributed by atoms with Gasteiger partial charge in [0.2, 0.25) is 0 Å². The molecule has 2 aromatic carbocycles. The van der Waals surface area contributed by atoms with E-state index < -0.39 is 17.0 Å². The number of fused-ring (bicyclic) bond motifs is 3. The van der Waals surface area contributed by atoms with Crippen LogP contribution in [0.1, 0.15) is 37.3 Å². The minimum Gasteiger partial charge on any atom is -0.490 e. The van der Waals surface area contributed by atoms with E-state index in [0.717, 1.165) is 24.5 Å². The van der Waals surface area contributed by atoms with Crippen LogP contribution in [0.5, 0.6) is 5.75 Å². The molecule has 0 saturated heterocycles. The van der Waals surface area contributed by atoms with E-state index in [1.54, 1.807) is 19.1 Å². The van der Waals surface area contributed by atoms with Gasteiger partial charge in [0, 0.05) is 27.8 Å². The number of carbonyl (C=O) groups is 1. The highest BCUT2D eigenvalue weighted by Crippen LogP contribution is 2.55. The molecule has 1 fully saturated rings. The van der Waals surface area contributed by atoms with Crippen LogP contribution in [0.3, 0.4) is 0 Å². The second kappa shape index (κ2) is 6.90. The molecular weight excluding hydrogens is 370 g/mol. The summed E-state index contributed by atoms with van der Waals surface area (Å²) in [6.45, 7) is 1.81. The van der Waals surface area contributed by atoms with Crippen LogP contribution in [0.25, 0.3) is 0 Å². The van der Waals surface area contributed by atoms with E-state index in [0.29, 0.717) is 23.4 Å². The maximum atomic E-state index is 15.0. The van der Waals surface area contributed by atoms with Crippen LogP contribution in [-0.4, -0.2) is 12.4 Å². The number of ketones is 1. The first-order chi connectivity index (χ1) is 12.9. The summed E-state index contributed by atoms with van der Waals surface area (Å²) in [4.78, 5) is 12.3. The number of Topliss-reactive ketones (excluding diaryl/α,β-unsaturated/α-hetero) is 1. The lowest BCUT2D eigenvalue weighted by Crippen LogP contribution is -2.52. The van der Waals surface area contributed by atoms with Gasteiger partial charge in [-0.3, -0.25) is 4.79 Å². The Hall–Kier alpha value is -1.94. The molecule has 0 amide bonds. The molecule has 1 aliphatic carbocycles. The number of ether oxygens (including phenoxy) is 1. The molecule has 5 heteroatoms. The zero-order valence-corrected chi connectivity index (χ0v) is 15.9. The van der Waals surface area contributed by atoms with Crippen molar-refractivity contribution in [3.8, 4) is 5.75 Å². The fraction of sp³-hybridized carbons (Fsp3) is 0.409. The fourth-order valence-corrected chi connectivity index (χ4v) is 5.19. The van der Waals surface area contributed by atoms with Gasteiger partial charge in [-0.15, -0.1) is 0 Å². The molecule has 2 nitrogen and oxygen atoms in total. The normalized spacial score (nSPS) is 26.7. The predicted molar refractivity (Wildman–Crippen MR) is 100 cm³/mol. The van der Waals surface area contributed by atoms with E-state index >= 15 is 4.39 Å². The van der Waals surface area contributed by atoms with Crippen LogP contribution in [0.15, 0.2) is 36.4 Å². The van der Waals surface area contributed by atoms with E-state index in [2.05, 4.69) is 0 Å². The Morgan fingerprint density at radius 3 is 2.59 bits per heavy atom. The van der Waals surface area contributed by atoms with Crippen molar-refractivity contribution in [2.24, 2.45) is 11.8 Å². The molecule has 0 N–H and O–H groups in total. The van der Waals surface area contributed by atoms with Gasteiger partial charge in [-0.1, -0.05) is 30.2 Å². The number of hydrogen-bond donors (Lipinski definition) is 0. The van der Waals surface area contributed by atoms with Gasteiger partial charge >= 0.3 is 0 Å². The summed E-state index contributed by atoms with van der Waals surface area (Å²) in [6, 6.07) is 9.71. The molecule has 0 spiro atoms. The van der Waals surface area contributed by atoms with Crippen molar-refractivity contribution in [1.82, 2.24) is 0 Å². The molecule has 3 atom stereocenters. The van der Waals surface area contributed by atoms with Gasteiger partial charge in [0.05, 0.1) is 6.61 Å². The highest BCUT2D eigenvalue weighted by molar-refractivity contribution is 6.30. The summed E-state index contributed by atoms with van der Waals surface area (Å²) in [6.07, 6.45) is 2.78. The highest BCUT2D eigenvalue weighted by Gasteiger charge is 2.53. The van der Waals surface area contributed by atoms with Gasteiger partial charge in [-0.05, 0) is 56.0 Å². The maximum Gasteiger partial charge on any atom is 0.165 e. The van der Waals surface area contributed by atoms with Crippen LogP contribution < -0.4 is 4.74 Å². The zero-order chi connectivity index (χ0) is 19.2. The molecule has 2 aliphatic rings. The Morgan fingerprint density at radius 1 is 1.19 bits per heavy atom. The number of halogens is 3. The van der Waals surface area contributed by atoms with E-state index in [9.17, 15) is 9.18 Å². The van der Waals surface area contributed by atoms with Crippen molar-refractivity contribution in [3.63, 3.8) is 0 Å². The molecule has 0 bridgehead atoms. The molecule has 27 heavy (non-hydrogen) atoms. The Labute approximate surface area is 162 Å². The Morgan fingerprint density at radius 2 is 1.89 bits per heavy atom. The summed E-state index contributed by atoms with van der Waals surface area (Å²) in [5.41, 5.74) is 0.618. The van der Waals surface area contributed by atoms with Gasteiger partial charge < -0.3 is 4.74 Å². The number of rotatable bonds is 3. The standard InChI is InChI=1S/C22H21ClF2O2/c1-13(26)16-3-2-10-22(11-14-4-6-15(23)7-5-14)17(16)12-27-21-19(25)9-8-18(24)20(21)22/h4-9,16-17H,2-3,10-12H2,1H3/t16-,17?,22-/m0/s1. The van der Waals surface area contributed by atoms with Crippen molar-refractivity contribution in [2.45, 2.75) is 38.0 Å². The van der Waals surface area contributed by atoms with E-state index in [4.69, 9.17) is 16.3 Å². The largest absolute Gasteiger partial charge is 0.490 e. The van der Waals surface area contributed by atoms with Crippen LogP contribution in [-0.2, 0) is 16.6 Å². The number of carbonyl (C=O) groups excluding carboxylic acids is 1. The summed E-state index contributed by atoms with van der Waals surface area (Å²) in [7, 11) is 0. The van der Waals surface area contributed by atoms with Crippen LogP contribution in [0.4, 0.5) is 8.78 Å². The Kier molecular flexibility index (Phi) is 4.71. The van der Waals surface area contributed by atoms with Crippen molar-refractivity contribution in [1.29, 1.82) is 0 Å². The molecule has 2 aromatic rings. The third-order valence-corrected chi connectivity index (χ3v) is 6.50. The topological polar surface area (TPSA) is 26.3 Å². The van der Waals surface area contributed by atoms with Crippen LogP contribution >= 0.6 is 11.6 Å². The Balaban J connectivity index is 1.90. The van der Waals surface area contributed by atoms with Crippen molar-refractivity contribution < 1.29 is 18.3 Å². The highest BCUT2D eigenvalue weighted by atomic mass is 35.5. The third kappa shape index (κ3) is 3.04. The molecule has 0 aromatic heterocycles. The van der Waals surface area contributed by atoms with Crippen LogP contribution in [0.2, 0.25) is 5.02 Å². The van der Waals surface area contributed by atoms with Crippen LogP contribution in [0, 0.1) is 23.5 Å². The summed E-state index contributed by atoms with van der Waals surface area (Å²) in [5.74, 6) is -1.31. The molecule has 142 valence electrons. The molecular formula is C22H21ClF2O2. The first-order valence-corrected chi connectivity index (χ1v) is 9.66. The fourth-order valence-electron chi connectivity index (χ4n) is 5.07. The minimum atomic E-state index is -0.665. The van der Waals surface area contributed by atoms with Gasteiger partial charge in [-0.25, -0.2) is 8.78 Å². The second-order valence-corrected chi connectivity index (χ2v) is 8.16. The predicted octanol–water partition coefficient (Wildman–Crippen LogP) is 5.50. The lowest BCUT2D eigenvalue weighted by molar-refractivity contribution is -0.126. The van der Waals surface area contributed by atoms with E-state index in [1.807, 2.05) is 12.1 Å². The second-order valence-electron chi connectivity index (χ2n) is 7.72. The smallest absolute Gasteiger partial charge is 0.165 e. The first kappa shape index (κ1) is 18.4. The summed E-state index contributed by atoms with van der Waals surface area (Å²) < 4.78 is 35.1. The van der Waals surface area contributed by atoms with E-state index in [-0.39, 0.29) is 30.0 Å². The lowest BCUT2D eigenvalue weighted by Gasteiger charge is -2.51. The van der Waals surface area contributed by atoms with Gasteiger partial charge in [-0.2, -0.15) is 0 Å². The minimum absolute atomic E-state index is 0.00409. The first-order valence-electron chi connectivity index (χ1n) is 9.28. The SMILES string of the molecule is CC(=O)[C@@H]1CCC[C@@]2(Cc3ccc(Cl)cc3)c3c(F)ccc(F)c3OCC12. The lowest BCUT2D eigenvalue weighted by atomic mass is 9.55. The molecule has 1 heterocycles. The molecule has 1 unspecified atom stereocenters. The molecule has 0 radical (unpaired) electrons. The van der Waals surface area contributed by atoms with Crippen molar-refractivity contribution in [2.75, 3.05) is 6.61 Å².